The molecule has 0 aliphatic heterocycles. The minimum atomic E-state index is -0.471. The van der Waals surface area contributed by atoms with Gasteiger partial charge in [-0.05, 0) is 44.2 Å². The largest absolute Gasteiger partial charge is 0.491 e. The van der Waals surface area contributed by atoms with Gasteiger partial charge in [0.15, 0.2) is 5.75 Å². The molecular weight excluding hydrogens is 474 g/mol. The number of benzene rings is 2. The third kappa shape index (κ3) is 8.15. The van der Waals surface area contributed by atoms with Crippen LogP contribution < -0.4 is 14.2 Å². The first-order chi connectivity index (χ1) is 14.3. The van der Waals surface area contributed by atoms with Crippen molar-refractivity contribution in [1.82, 2.24) is 0 Å². The van der Waals surface area contributed by atoms with Gasteiger partial charge in [0, 0.05) is 12.1 Å². The summed E-state index contributed by atoms with van der Waals surface area (Å²) in [5.74, 6) is 0.910. The van der Waals surface area contributed by atoms with E-state index in [0.717, 1.165) is 0 Å². The fraction of sp³-hybridized carbons (Fsp3) is 0.286. The van der Waals surface area contributed by atoms with Gasteiger partial charge in [-0.15, -0.1) is 0 Å². The molecule has 0 N–H and O–H groups in total. The van der Waals surface area contributed by atoms with Crippen molar-refractivity contribution in [2.75, 3.05) is 19.8 Å². The number of hydrogen-bond acceptors (Lipinski definition) is 5. The molecule has 0 aliphatic carbocycles. The molecule has 0 atom stereocenters. The van der Waals surface area contributed by atoms with Gasteiger partial charge >= 0.3 is 5.97 Å². The van der Waals surface area contributed by atoms with Crippen molar-refractivity contribution < 1.29 is 23.7 Å². The normalized spacial score (nSPS) is 10.5. The summed E-state index contributed by atoms with van der Waals surface area (Å²) in [5.41, 5.74) is 0.412. The van der Waals surface area contributed by atoms with Crippen LogP contribution in [0.15, 0.2) is 47.0 Å². The molecule has 0 saturated heterocycles. The second kappa shape index (κ2) is 12.2. The average Bonchev–Trinajstić information content (AvgIpc) is 2.66. The van der Waals surface area contributed by atoms with Crippen LogP contribution in [0.3, 0.4) is 0 Å². The van der Waals surface area contributed by atoms with Crippen molar-refractivity contribution in [2.45, 2.75) is 20.0 Å². The molecule has 0 radical (unpaired) electrons. The number of esters is 1. The van der Waals surface area contributed by atoms with Gasteiger partial charge in [-0.3, -0.25) is 0 Å². The third-order valence-electron chi connectivity index (χ3n) is 3.48. The van der Waals surface area contributed by atoms with Crippen LogP contribution in [0.4, 0.5) is 0 Å². The molecule has 2 rings (SSSR count). The molecule has 0 spiro atoms. The lowest BCUT2D eigenvalue weighted by Crippen LogP contribution is -2.13. The zero-order valence-corrected chi connectivity index (χ0v) is 19.3. The van der Waals surface area contributed by atoms with Crippen LogP contribution >= 0.6 is 46.4 Å². The highest BCUT2D eigenvalue weighted by atomic mass is 35.5. The van der Waals surface area contributed by atoms with Crippen LogP contribution in [0.25, 0.3) is 0 Å². The van der Waals surface area contributed by atoms with Crippen molar-refractivity contribution in [3.05, 3.63) is 62.6 Å². The lowest BCUT2D eigenvalue weighted by Gasteiger charge is -2.13. The zero-order valence-electron chi connectivity index (χ0n) is 16.3. The predicted molar refractivity (Wildman–Crippen MR) is 120 cm³/mol. The summed E-state index contributed by atoms with van der Waals surface area (Å²) in [4.78, 5) is 12.1. The number of carbonyl (C=O) groups is 1. The molecular formula is C21H20Cl4O5. The highest BCUT2D eigenvalue weighted by Crippen LogP contribution is 2.37. The number of rotatable bonds is 10. The number of halogens is 4. The molecule has 0 aliphatic rings. The molecule has 162 valence electrons. The van der Waals surface area contributed by atoms with Crippen molar-refractivity contribution in [3.63, 3.8) is 0 Å². The molecule has 0 unspecified atom stereocenters. The summed E-state index contributed by atoms with van der Waals surface area (Å²) < 4.78 is 21.8. The SMILES string of the molecule is CC(C)Oc1ccc(C(=O)OCCOc2c(Cl)cc(OCC=C(Cl)Cl)cc2Cl)cc1. The molecule has 0 fully saturated rings. The van der Waals surface area contributed by atoms with Gasteiger partial charge in [-0.1, -0.05) is 46.4 Å². The summed E-state index contributed by atoms with van der Waals surface area (Å²) in [6, 6.07) is 9.80. The molecule has 0 amide bonds. The van der Waals surface area contributed by atoms with Crippen LogP contribution in [0, 0.1) is 0 Å². The van der Waals surface area contributed by atoms with E-state index in [-0.39, 0.29) is 46.2 Å². The van der Waals surface area contributed by atoms with Gasteiger partial charge in [0.25, 0.3) is 0 Å². The topological polar surface area (TPSA) is 54.0 Å². The van der Waals surface area contributed by atoms with E-state index in [1.807, 2.05) is 13.8 Å². The Morgan fingerprint density at radius 2 is 1.60 bits per heavy atom. The maximum Gasteiger partial charge on any atom is 0.338 e. The minimum Gasteiger partial charge on any atom is -0.491 e. The summed E-state index contributed by atoms with van der Waals surface area (Å²) in [6.07, 6.45) is 1.54. The van der Waals surface area contributed by atoms with Crippen molar-refractivity contribution >= 4 is 52.4 Å². The first-order valence-corrected chi connectivity index (χ1v) is 10.5. The third-order valence-corrected chi connectivity index (χ3v) is 4.35. The lowest BCUT2D eigenvalue weighted by atomic mass is 10.2. The molecule has 0 aromatic heterocycles. The quantitative estimate of drug-likeness (QED) is 0.271. The van der Waals surface area contributed by atoms with Crippen LogP contribution in [0.5, 0.6) is 17.2 Å². The van der Waals surface area contributed by atoms with Crippen LogP contribution in [-0.2, 0) is 4.74 Å². The molecule has 30 heavy (non-hydrogen) atoms. The Bertz CT molecular complexity index is 854. The Hall–Kier alpha value is -1.79. The minimum absolute atomic E-state index is 0.0208. The van der Waals surface area contributed by atoms with Crippen molar-refractivity contribution in [3.8, 4) is 17.2 Å². The molecule has 0 saturated carbocycles. The number of hydrogen-bond donors (Lipinski definition) is 0. The van der Waals surface area contributed by atoms with Gasteiger partial charge in [0.1, 0.15) is 35.8 Å². The van der Waals surface area contributed by atoms with Crippen LogP contribution in [-0.4, -0.2) is 31.9 Å². The first-order valence-electron chi connectivity index (χ1n) is 8.96. The van der Waals surface area contributed by atoms with Gasteiger partial charge in [-0.2, -0.15) is 0 Å². The fourth-order valence-electron chi connectivity index (χ4n) is 2.26. The smallest absolute Gasteiger partial charge is 0.338 e. The summed E-state index contributed by atoms with van der Waals surface area (Å²) in [5, 5.41) is 0.510. The van der Waals surface area contributed by atoms with E-state index in [9.17, 15) is 4.79 Å². The lowest BCUT2D eigenvalue weighted by molar-refractivity contribution is 0.0450. The van der Waals surface area contributed by atoms with Crippen molar-refractivity contribution in [2.24, 2.45) is 0 Å². The van der Waals surface area contributed by atoms with E-state index < -0.39 is 5.97 Å². The Morgan fingerprint density at radius 1 is 0.967 bits per heavy atom. The number of carbonyl (C=O) groups excluding carboxylic acids is 1. The summed E-state index contributed by atoms with van der Waals surface area (Å²) >= 11 is 23.4. The number of ether oxygens (including phenoxy) is 4. The first kappa shape index (κ1) is 24.5. The van der Waals surface area contributed by atoms with Gasteiger partial charge < -0.3 is 18.9 Å². The molecule has 2 aromatic rings. The molecule has 0 heterocycles. The van der Waals surface area contributed by atoms with Crippen molar-refractivity contribution in [1.29, 1.82) is 0 Å². The van der Waals surface area contributed by atoms with Gasteiger partial charge in [0.05, 0.1) is 21.7 Å². The Kier molecular flexibility index (Phi) is 9.92. The molecule has 0 bridgehead atoms. The van der Waals surface area contributed by atoms with E-state index in [4.69, 9.17) is 65.4 Å². The fourth-order valence-corrected chi connectivity index (χ4v) is 2.96. The van der Waals surface area contributed by atoms with Crippen LogP contribution in [0.1, 0.15) is 24.2 Å². The molecule has 9 heteroatoms. The van der Waals surface area contributed by atoms with Crippen LogP contribution in [0.2, 0.25) is 10.0 Å². The van der Waals surface area contributed by atoms with Gasteiger partial charge in [-0.25, -0.2) is 4.79 Å². The van der Waals surface area contributed by atoms with E-state index in [1.54, 1.807) is 36.4 Å². The summed E-state index contributed by atoms with van der Waals surface area (Å²) in [7, 11) is 0. The maximum absolute atomic E-state index is 12.1. The highest BCUT2D eigenvalue weighted by Gasteiger charge is 2.12. The predicted octanol–water partition coefficient (Wildman–Crippen LogP) is 6.71. The second-order valence-corrected chi connectivity index (χ2v) is 8.02. The van der Waals surface area contributed by atoms with E-state index in [0.29, 0.717) is 17.1 Å². The monoisotopic (exact) mass is 492 g/mol. The Labute approximate surface area is 195 Å². The highest BCUT2D eigenvalue weighted by molar-refractivity contribution is 6.55. The molecule has 5 nitrogen and oxygen atoms in total. The Morgan fingerprint density at radius 3 is 2.17 bits per heavy atom. The standard InChI is InChI=1S/C21H20Cl4O5/c1-13(2)30-15-5-3-14(4-6-15)21(26)29-10-9-28-20-17(22)11-16(12-18(20)23)27-8-7-19(24)25/h3-7,11-13H,8-10H2,1-2H3. The summed E-state index contributed by atoms with van der Waals surface area (Å²) in [6.45, 7) is 4.11. The maximum atomic E-state index is 12.1. The Balaban J connectivity index is 1.83. The second-order valence-electron chi connectivity index (χ2n) is 6.20. The van der Waals surface area contributed by atoms with Gasteiger partial charge in [0.2, 0.25) is 0 Å². The molecule has 2 aromatic carbocycles. The average molecular weight is 494 g/mol. The zero-order chi connectivity index (χ0) is 22.1. The van der Waals surface area contributed by atoms with E-state index in [1.165, 1.54) is 6.08 Å². The van der Waals surface area contributed by atoms with E-state index >= 15 is 0 Å². The van der Waals surface area contributed by atoms with E-state index in [2.05, 4.69) is 0 Å².